The van der Waals surface area contributed by atoms with Gasteiger partial charge in [-0.2, -0.15) is 5.10 Å². The van der Waals surface area contributed by atoms with E-state index in [1.165, 1.54) is 24.3 Å². The Morgan fingerprint density at radius 2 is 1.72 bits per heavy atom. The number of hydrogen-bond donors (Lipinski definition) is 0. The third-order valence-corrected chi connectivity index (χ3v) is 10.8. The maximum Gasteiger partial charge on any atom is 0.573 e. The molecular formula is C32H37F3N6O4S. The first-order valence-corrected chi connectivity index (χ1v) is 17.0. The van der Waals surface area contributed by atoms with Gasteiger partial charge in [-0.25, -0.2) is 13.4 Å². The number of ether oxygens (including phenoxy) is 1. The number of sulfone groups is 1. The summed E-state index contributed by atoms with van der Waals surface area (Å²) in [5, 5.41) is 5.22. The van der Waals surface area contributed by atoms with Gasteiger partial charge in [0.25, 0.3) is 0 Å². The molecular weight excluding hydrogens is 621 g/mol. The number of carbonyl (C=O) groups is 1. The van der Waals surface area contributed by atoms with Crippen LogP contribution in [0.4, 0.5) is 13.2 Å². The molecule has 1 aromatic carbocycles. The molecule has 46 heavy (non-hydrogen) atoms. The highest BCUT2D eigenvalue weighted by atomic mass is 32.2. The quantitative estimate of drug-likeness (QED) is 0.270. The van der Waals surface area contributed by atoms with E-state index in [4.69, 9.17) is 4.98 Å². The molecule has 2 aliphatic heterocycles. The molecule has 0 N–H and O–H groups in total. The molecule has 2 fully saturated rings. The van der Waals surface area contributed by atoms with Crippen molar-refractivity contribution in [2.75, 3.05) is 38.2 Å². The van der Waals surface area contributed by atoms with E-state index in [0.29, 0.717) is 49.4 Å². The minimum Gasteiger partial charge on any atom is -0.406 e. The fraction of sp³-hybridized carbons (Fsp3) is 0.469. The molecule has 1 unspecified atom stereocenters. The highest BCUT2D eigenvalue weighted by Crippen LogP contribution is 2.40. The van der Waals surface area contributed by atoms with Gasteiger partial charge in [0.2, 0.25) is 5.91 Å². The lowest BCUT2D eigenvalue weighted by Crippen LogP contribution is -2.51. The average Bonchev–Trinajstić information content (AvgIpc) is 3.67. The summed E-state index contributed by atoms with van der Waals surface area (Å²) in [5.41, 5.74) is 4.04. The Hall–Kier alpha value is -3.91. The molecule has 0 spiro atoms. The number of aryl methyl sites for hydroxylation is 2. The topological polar surface area (TPSA) is 103 Å². The van der Waals surface area contributed by atoms with E-state index in [0.717, 1.165) is 28.6 Å². The van der Waals surface area contributed by atoms with E-state index in [1.807, 2.05) is 30.1 Å². The smallest absolute Gasteiger partial charge is 0.406 e. The lowest BCUT2D eigenvalue weighted by atomic mass is 9.89. The van der Waals surface area contributed by atoms with Crippen LogP contribution in [-0.2, 0) is 28.1 Å². The summed E-state index contributed by atoms with van der Waals surface area (Å²) in [6, 6.07) is 7.45. The van der Waals surface area contributed by atoms with Crippen LogP contribution in [0.3, 0.4) is 0 Å². The zero-order valence-corrected chi connectivity index (χ0v) is 27.0. The number of amides is 1. The van der Waals surface area contributed by atoms with Crippen molar-refractivity contribution in [1.29, 1.82) is 0 Å². The monoisotopic (exact) mass is 658 g/mol. The molecule has 246 valence electrons. The van der Waals surface area contributed by atoms with Gasteiger partial charge in [-0.05, 0) is 74.6 Å². The molecule has 4 aromatic rings. The normalized spacial score (nSPS) is 19.3. The number of fused-ring (bicyclic) bond motifs is 1. The summed E-state index contributed by atoms with van der Waals surface area (Å²) in [7, 11) is 0.587. The van der Waals surface area contributed by atoms with Crippen molar-refractivity contribution in [1.82, 2.24) is 29.1 Å². The number of carbonyl (C=O) groups excluding carboxylic acids is 1. The second-order valence-electron chi connectivity index (χ2n) is 12.8. The predicted octanol–water partition coefficient (Wildman–Crippen LogP) is 4.71. The highest BCUT2D eigenvalue weighted by Gasteiger charge is 2.36. The fourth-order valence-electron chi connectivity index (χ4n) is 6.53. The van der Waals surface area contributed by atoms with Gasteiger partial charge in [0.15, 0.2) is 9.84 Å². The van der Waals surface area contributed by atoms with Gasteiger partial charge in [0, 0.05) is 62.6 Å². The third-order valence-electron chi connectivity index (χ3n) is 9.23. The Bertz CT molecular complexity index is 1870. The van der Waals surface area contributed by atoms with Crippen LogP contribution in [0, 0.1) is 0 Å². The molecule has 2 saturated heterocycles. The van der Waals surface area contributed by atoms with Gasteiger partial charge < -0.3 is 9.64 Å². The maximum atomic E-state index is 13.4. The zero-order chi connectivity index (χ0) is 33.0. The Morgan fingerprint density at radius 1 is 1.02 bits per heavy atom. The van der Waals surface area contributed by atoms with Gasteiger partial charge in [-0.3, -0.25) is 18.9 Å². The molecule has 6 rings (SSSR count). The minimum atomic E-state index is -4.80. The molecule has 0 aliphatic carbocycles. The van der Waals surface area contributed by atoms with Crippen molar-refractivity contribution < 1.29 is 31.1 Å². The first-order valence-electron chi connectivity index (χ1n) is 15.2. The number of aromatic nitrogens is 4. The van der Waals surface area contributed by atoms with Crippen molar-refractivity contribution >= 4 is 26.8 Å². The summed E-state index contributed by atoms with van der Waals surface area (Å²) in [6.45, 7) is 5.83. The SMILES string of the molecule is CN1CCC(c2cc(-c3ccc(OC(F)(F)F)cc3)nc3c2c(CCC(C)(C)N2CCS(=O)(=O)CC2)cn3-c2cnn(C)c2)C1=O. The number of benzene rings is 1. The van der Waals surface area contributed by atoms with Gasteiger partial charge >= 0.3 is 6.36 Å². The van der Waals surface area contributed by atoms with E-state index in [9.17, 15) is 26.4 Å². The first kappa shape index (κ1) is 32.0. The molecule has 14 heteroatoms. The van der Waals surface area contributed by atoms with E-state index < -0.39 is 22.1 Å². The average molecular weight is 659 g/mol. The van der Waals surface area contributed by atoms with Crippen molar-refractivity contribution in [3.63, 3.8) is 0 Å². The number of likely N-dealkylation sites (tertiary alicyclic amines) is 1. The van der Waals surface area contributed by atoms with Gasteiger partial charge in [-0.15, -0.1) is 13.2 Å². The fourth-order valence-corrected chi connectivity index (χ4v) is 7.73. The van der Waals surface area contributed by atoms with Crippen molar-refractivity contribution in [3.8, 4) is 22.7 Å². The molecule has 0 saturated carbocycles. The number of rotatable bonds is 8. The zero-order valence-electron chi connectivity index (χ0n) is 26.2. The number of likely N-dealkylation sites (N-methyl/N-ethyl adjacent to an activating group) is 1. The second kappa shape index (κ2) is 11.7. The summed E-state index contributed by atoms with van der Waals surface area (Å²) in [6.07, 6.45) is 2.83. The number of pyridine rings is 1. The van der Waals surface area contributed by atoms with E-state index >= 15 is 0 Å². The van der Waals surface area contributed by atoms with Gasteiger partial charge in [-0.1, -0.05) is 0 Å². The first-order chi connectivity index (χ1) is 21.6. The van der Waals surface area contributed by atoms with Crippen LogP contribution in [-0.4, -0.2) is 93.5 Å². The van der Waals surface area contributed by atoms with E-state index in [1.54, 1.807) is 22.8 Å². The minimum absolute atomic E-state index is 0.00214. The number of hydrogen-bond acceptors (Lipinski definition) is 7. The third kappa shape index (κ3) is 6.50. The van der Waals surface area contributed by atoms with Crippen LogP contribution in [0.15, 0.2) is 48.9 Å². The summed E-state index contributed by atoms with van der Waals surface area (Å²) >= 11 is 0. The summed E-state index contributed by atoms with van der Waals surface area (Å²) in [5.74, 6) is -0.448. The molecule has 1 amide bonds. The van der Waals surface area contributed by atoms with Crippen molar-refractivity contribution in [3.05, 3.63) is 60.0 Å². The molecule has 3 aromatic heterocycles. The van der Waals surface area contributed by atoms with Crippen LogP contribution in [0.5, 0.6) is 5.75 Å². The largest absolute Gasteiger partial charge is 0.573 e. The van der Waals surface area contributed by atoms with Crippen LogP contribution in [0.2, 0.25) is 0 Å². The summed E-state index contributed by atoms with van der Waals surface area (Å²) < 4.78 is 70.3. The Balaban J connectivity index is 1.46. The van der Waals surface area contributed by atoms with Crippen LogP contribution in [0.25, 0.3) is 28.0 Å². The lowest BCUT2D eigenvalue weighted by Gasteiger charge is -2.41. The number of alkyl halides is 3. The molecule has 0 bridgehead atoms. The lowest BCUT2D eigenvalue weighted by molar-refractivity contribution is -0.274. The molecule has 5 heterocycles. The molecule has 2 aliphatic rings. The van der Waals surface area contributed by atoms with Crippen molar-refractivity contribution in [2.45, 2.75) is 50.9 Å². The van der Waals surface area contributed by atoms with Crippen LogP contribution in [0.1, 0.15) is 43.7 Å². The second-order valence-corrected chi connectivity index (χ2v) is 15.1. The standard InChI is InChI=1S/C32H37F3N6O4S/c1-31(2,40-13-15-46(43,44)16-14-40)11-9-22-19-41(23-18-36-39(4)20-23)29-28(22)26(25-10-12-38(3)30(25)42)17-27(37-29)21-5-7-24(8-6-21)45-32(33,34)35/h5-8,17-20,25H,9-16H2,1-4H3. The maximum absolute atomic E-state index is 13.4. The molecule has 0 radical (unpaired) electrons. The van der Waals surface area contributed by atoms with Crippen LogP contribution >= 0.6 is 0 Å². The highest BCUT2D eigenvalue weighted by molar-refractivity contribution is 7.91. The van der Waals surface area contributed by atoms with Crippen molar-refractivity contribution in [2.24, 2.45) is 7.05 Å². The Labute approximate surface area is 265 Å². The summed E-state index contributed by atoms with van der Waals surface area (Å²) in [4.78, 5) is 22.4. The van der Waals surface area contributed by atoms with Gasteiger partial charge in [0.1, 0.15) is 11.4 Å². The molecule has 10 nitrogen and oxygen atoms in total. The number of nitrogens with zero attached hydrogens (tertiary/aromatic N) is 6. The number of halogens is 3. The van der Waals surface area contributed by atoms with E-state index in [-0.39, 0.29) is 28.7 Å². The van der Waals surface area contributed by atoms with Crippen LogP contribution < -0.4 is 4.74 Å². The van der Waals surface area contributed by atoms with E-state index in [2.05, 4.69) is 28.6 Å². The Morgan fingerprint density at radius 3 is 2.30 bits per heavy atom. The Kier molecular flexibility index (Phi) is 8.16. The predicted molar refractivity (Wildman–Crippen MR) is 168 cm³/mol. The molecule has 1 atom stereocenters. The van der Waals surface area contributed by atoms with Gasteiger partial charge in [0.05, 0.1) is 35.0 Å².